The van der Waals surface area contributed by atoms with Gasteiger partial charge in [0.25, 0.3) is 0 Å². The minimum absolute atomic E-state index is 0.662. The first-order valence-electron chi connectivity index (χ1n) is 7.08. The highest BCUT2D eigenvalue weighted by atomic mass is 16.4. The Labute approximate surface area is 108 Å². The Morgan fingerprint density at radius 3 is 2.72 bits per heavy atom. The predicted octanol–water partition coefficient (Wildman–Crippen LogP) is 1.95. The van der Waals surface area contributed by atoms with E-state index in [1.54, 1.807) is 0 Å². The number of hydrogen-bond donors (Lipinski definition) is 1. The molecule has 18 heavy (non-hydrogen) atoms. The maximum atomic E-state index is 5.68. The summed E-state index contributed by atoms with van der Waals surface area (Å²) >= 11 is 0. The molecule has 0 radical (unpaired) electrons. The molecule has 0 aliphatic heterocycles. The lowest BCUT2D eigenvalue weighted by atomic mass is 10.1. The van der Waals surface area contributed by atoms with Gasteiger partial charge in [-0.2, -0.15) is 0 Å². The second kappa shape index (κ2) is 5.26. The summed E-state index contributed by atoms with van der Waals surface area (Å²) in [5.41, 5.74) is 0. The minimum atomic E-state index is 0.662. The fourth-order valence-corrected chi connectivity index (χ4v) is 2.65. The van der Waals surface area contributed by atoms with Crippen molar-refractivity contribution in [2.45, 2.75) is 51.1 Å². The van der Waals surface area contributed by atoms with Crippen LogP contribution in [0.25, 0.3) is 0 Å². The second-order valence-corrected chi connectivity index (χ2v) is 5.66. The van der Waals surface area contributed by atoms with Gasteiger partial charge in [-0.15, -0.1) is 5.10 Å². The van der Waals surface area contributed by atoms with Crippen LogP contribution in [0.5, 0.6) is 0 Å². The highest BCUT2D eigenvalue weighted by Gasteiger charge is 2.22. The van der Waals surface area contributed by atoms with Gasteiger partial charge in [-0.25, -0.2) is 0 Å². The van der Waals surface area contributed by atoms with E-state index in [1.807, 2.05) is 7.05 Å². The molecular formula is C13H22N4O. The number of nitrogens with one attached hydrogen (secondary N) is 1. The van der Waals surface area contributed by atoms with Gasteiger partial charge in [0.2, 0.25) is 5.89 Å². The van der Waals surface area contributed by atoms with Gasteiger partial charge < -0.3 is 14.6 Å². The van der Waals surface area contributed by atoms with Gasteiger partial charge in [0, 0.05) is 19.6 Å². The van der Waals surface area contributed by atoms with Gasteiger partial charge in [-0.1, -0.05) is 17.9 Å². The Morgan fingerprint density at radius 2 is 2.00 bits per heavy atom. The van der Waals surface area contributed by atoms with E-state index < -0.39 is 0 Å². The van der Waals surface area contributed by atoms with Gasteiger partial charge in [0.1, 0.15) is 0 Å². The molecular weight excluding hydrogens is 228 g/mol. The van der Waals surface area contributed by atoms with Crippen molar-refractivity contribution in [3.05, 3.63) is 5.89 Å². The first-order chi connectivity index (χ1) is 8.81. The largest absolute Gasteiger partial charge is 0.407 e. The lowest BCUT2D eigenvalue weighted by Crippen LogP contribution is -2.24. The molecule has 1 N–H and O–H groups in total. The van der Waals surface area contributed by atoms with Crippen molar-refractivity contribution in [1.82, 2.24) is 15.5 Å². The van der Waals surface area contributed by atoms with E-state index in [9.17, 15) is 0 Å². The monoisotopic (exact) mass is 250 g/mol. The molecule has 0 unspecified atom stereocenters. The summed E-state index contributed by atoms with van der Waals surface area (Å²) in [6.07, 6.45) is 7.99. The zero-order chi connectivity index (χ0) is 12.4. The van der Waals surface area contributed by atoms with Gasteiger partial charge >= 0.3 is 6.01 Å². The first kappa shape index (κ1) is 12.0. The molecule has 1 aromatic rings. The standard InChI is InChI=1S/C13H22N4O/c1-17(9-10-4-2-3-5-10)13-16-15-12(18-13)8-14-11-6-7-11/h10-11,14H,2-9H2,1H3. The molecule has 0 amide bonds. The molecule has 2 saturated carbocycles. The summed E-state index contributed by atoms with van der Waals surface area (Å²) in [7, 11) is 2.05. The van der Waals surface area contributed by atoms with Crippen LogP contribution in [0.15, 0.2) is 4.42 Å². The van der Waals surface area contributed by atoms with E-state index in [-0.39, 0.29) is 0 Å². The van der Waals surface area contributed by atoms with Gasteiger partial charge in [0.05, 0.1) is 6.54 Å². The molecule has 2 aliphatic carbocycles. The Bertz CT molecular complexity index is 382. The molecule has 5 heteroatoms. The predicted molar refractivity (Wildman–Crippen MR) is 69.4 cm³/mol. The summed E-state index contributed by atoms with van der Waals surface area (Å²) in [5, 5.41) is 11.6. The topological polar surface area (TPSA) is 54.2 Å². The minimum Gasteiger partial charge on any atom is -0.407 e. The Kier molecular flexibility index (Phi) is 3.50. The summed E-state index contributed by atoms with van der Waals surface area (Å²) in [6, 6.07) is 1.34. The summed E-state index contributed by atoms with van der Waals surface area (Å²) < 4.78 is 5.68. The number of aromatic nitrogens is 2. The van der Waals surface area contributed by atoms with Crippen LogP contribution < -0.4 is 10.2 Å². The van der Waals surface area contributed by atoms with E-state index in [4.69, 9.17) is 4.42 Å². The van der Waals surface area contributed by atoms with Crippen LogP contribution in [0.4, 0.5) is 6.01 Å². The number of hydrogen-bond acceptors (Lipinski definition) is 5. The molecule has 0 spiro atoms. The van der Waals surface area contributed by atoms with Crippen molar-refractivity contribution in [1.29, 1.82) is 0 Å². The van der Waals surface area contributed by atoms with E-state index in [2.05, 4.69) is 20.4 Å². The third-order valence-electron chi connectivity index (χ3n) is 3.91. The maximum absolute atomic E-state index is 5.68. The molecule has 0 saturated heterocycles. The van der Waals surface area contributed by atoms with Crippen molar-refractivity contribution in [2.24, 2.45) is 5.92 Å². The summed E-state index contributed by atoms with van der Waals surface area (Å²) in [5.74, 6) is 1.50. The second-order valence-electron chi connectivity index (χ2n) is 5.66. The Balaban J connectivity index is 1.50. The fourth-order valence-electron chi connectivity index (χ4n) is 2.65. The smallest absolute Gasteiger partial charge is 0.317 e. The normalized spacial score (nSPS) is 20.5. The van der Waals surface area contributed by atoms with E-state index in [0.717, 1.165) is 12.5 Å². The SMILES string of the molecule is CN(CC1CCCC1)c1nnc(CNC2CC2)o1. The van der Waals surface area contributed by atoms with Gasteiger partial charge in [-0.05, 0) is 31.6 Å². The van der Waals surface area contributed by atoms with Crippen molar-refractivity contribution in [3.8, 4) is 0 Å². The van der Waals surface area contributed by atoms with Crippen LogP contribution in [0.2, 0.25) is 0 Å². The van der Waals surface area contributed by atoms with E-state index >= 15 is 0 Å². The average molecular weight is 250 g/mol. The van der Waals surface area contributed by atoms with E-state index in [0.29, 0.717) is 24.5 Å². The average Bonchev–Trinajstić information content (AvgIpc) is 2.88. The lowest BCUT2D eigenvalue weighted by Gasteiger charge is -2.18. The van der Waals surface area contributed by atoms with Gasteiger partial charge in [-0.3, -0.25) is 0 Å². The number of rotatable bonds is 6. The molecule has 5 nitrogen and oxygen atoms in total. The number of nitrogens with zero attached hydrogens (tertiary/aromatic N) is 3. The maximum Gasteiger partial charge on any atom is 0.317 e. The van der Waals surface area contributed by atoms with Gasteiger partial charge in [0.15, 0.2) is 0 Å². The Morgan fingerprint density at radius 1 is 1.22 bits per heavy atom. The van der Waals surface area contributed by atoms with Crippen LogP contribution in [-0.2, 0) is 6.54 Å². The molecule has 2 aliphatic rings. The third-order valence-corrected chi connectivity index (χ3v) is 3.91. The molecule has 3 rings (SSSR count). The van der Waals surface area contributed by atoms with Crippen LogP contribution in [-0.4, -0.2) is 29.8 Å². The summed E-state index contributed by atoms with van der Waals surface area (Å²) in [4.78, 5) is 2.10. The van der Waals surface area contributed by atoms with Crippen molar-refractivity contribution >= 4 is 6.01 Å². The molecule has 2 fully saturated rings. The fraction of sp³-hybridized carbons (Fsp3) is 0.846. The molecule has 1 heterocycles. The molecule has 0 atom stereocenters. The van der Waals surface area contributed by atoms with Crippen LogP contribution in [0.1, 0.15) is 44.4 Å². The highest BCUT2D eigenvalue weighted by Crippen LogP contribution is 2.26. The van der Waals surface area contributed by atoms with Crippen molar-refractivity contribution in [2.75, 3.05) is 18.5 Å². The molecule has 1 aromatic heterocycles. The van der Waals surface area contributed by atoms with Crippen LogP contribution in [0.3, 0.4) is 0 Å². The third kappa shape index (κ3) is 3.02. The van der Waals surface area contributed by atoms with Crippen LogP contribution >= 0.6 is 0 Å². The zero-order valence-corrected chi connectivity index (χ0v) is 11.1. The molecule has 0 aromatic carbocycles. The highest BCUT2D eigenvalue weighted by molar-refractivity contribution is 5.22. The lowest BCUT2D eigenvalue weighted by molar-refractivity contribution is 0.451. The van der Waals surface area contributed by atoms with Crippen molar-refractivity contribution < 1.29 is 4.42 Å². The number of anilines is 1. The van der Waals surface area contributed by atoms with Crippen molar-refractivity contribution in [3.63, 3.8) is 0 Å². The summed E-state index contributed by atoms with van der Waals surface area (Å²) in [6.45, 7) is 1.74. The van der Waals surface area contributed by atoms with Crippen LogP contribution in [0, 0.1) is 5.92 Å². The quantitative estimate of drug-likeness (QED) is 0.836. The Hall–Kier alpha value is -1.10. The van der Waals surface area contributed by atoms with E-state index in [1.165, 1.54) is 38.5 Å². The first-order valence-corrected chi connectivity index (χ1v) is 7.08. The zero-order valence-electron chi connectivity index (χ0n) is 11.1. The molecule has 0 bridgehead atoms. The molecule has 100 valence electrons.